The minimum absolute atomic E-state index is 0.660. The first-order valence-electron chi connectivity index (χ1n) is 6.48. The van der Waals surface area contributed by atoms with Gasteiger partial charge in [0.25, 0.3) is 0 Å². The topological polar surface area (TPSA) is 34.1 Å². The second-order valence-corrected chi connectivity index (χ2v) is 4.63. The minimum Gasteiger partial charge on any atom is -0.380 e. The van der Waals surface area contributed by atoms with Gasteiger partial charge in [-0.3, -0.25) is 4.98 Å². The molecule has 0 amide bonds. The summed E-state index contributed by atoms with van der Waals surface area (Å²) in [4.78, 5) is 4.47. The number of hydrogen-bond acceptors (Lipinski definition) is 3. The molecule has 0 bridgehead atoms. The molecule has 0 saturated heterocycles. The molecule has 0 fully saturated rings. The van der Waals surface area contributed by atoms with E-state index in [1.165, 1.54) is 11.1 Å². The molecule has 2 aromatic rings. The summed E-state index contributed by atoms with van der Waals surface area (Å²) in [5.41, 5.74) is 4.60. The molecule has 0 atom stereocenters. The van der Waals surface area contributed by atoms with Crippen LogP contribution in [0.1, 0.15) is 22.5 Å². The van der Waals surface area contributed by atoms with Crippen molar-refractivity contribution in [2.75, 3.05) is 7.11 Å². The van der Waals surface area contributed by atoms with Gasteiger partial charge in [-0.15, -0.1) is 0 Å². The molecule has 0 aliphatic heterocycles. The average molecular weight is 256 g/mol. The smallest absolute Gasteiger partial charge is 0.0713 e. The highest BCUT2D eigenvalue weighted by Gasteiger charge is 1.98. The number of nitrogens with zero attached hydrogens (tertiary/aromatic N) is 1. The summed E-state index contributed by atoms with van der Waals surface area (Å²) in [5.74, 6) is 0. The van der Waals surface area contributed by atoms with E-state index < -0.39 is 0 Å². The van der Waals surface area contributed by atoms with Crippen LogP contribution in [0.2, 0.25) is 0 Å². The molecule has 0 aliphatic rings. The molecular formula is C16H20N2O. The normalized spacial score (nSPS) is 10.6. The molecule has 1 N–H and O–H groups in total. The molecule has 100 valence electrons. The fourth-order valence-corrected chi connectivity index (χ4v) is 2.03. The lowest BCUT2D eigenvalue weighted by molar-refractivity contribution is 0.185. The van der Waals surface area contributed by atoms with Crippen LogP contribution in [0.4, 0.5) is 0 Å². The Morgan fingerprint density at radius 1 is 1.05 bits per heavy atom. The van der Waals surface area contributed by atoms with Crippen molar-refractivity contribution >= 4 is 0 Å². The fraction of sp³-hybridized carbons (Fsp3) is 0.312. The van der Waals surface area contributed by atoms with Crippen molar-refractivity contribution in [3.05, 3.63) is 65.0 Å². The molecule has 0 spiro atoms. The van der Waals surface area contributed by atoms with E-state index >= 15 is 0 Å². The van der Waals surface area contributed by atoms with Crippen molar-refractivity contribution in [3.8, 4) is 0 Å². The predicted molar refractivity (Wildman–Crippen MR) is 76.7 cm³/mol. The number of aromatic nitrogens is 1. The zero-order valence-corrected chi connectivity index (χ0v) is 11.5. The van der Waals surface area contributed by atoms with E-state index in [-0.39, 0.29) is 0 Å². The number of pyridine rings is 1. The van der Waals surface area contributed by atoms with Crippen molar-refractivity contribution < 1.29 is 4.74 Å². The number of benzene rings is 1. The Balaban J connectivity index is 1.87. The first kappa shape index (κ1) is 13.7. The van der Waals surface area contributed by atoms with Crippen molar-refractivity contribution in [2.24, 2.45) is 0 Å². The Bertz CT molecular complexity index is 526. The number of hydrogen-bond donors (Lipinski definition) is 1. The van der Waals surface area contributed by atoms with Gasteiger partial charge in [-0.1, -0.05) is 30.3 Å². The van der Waals surface area contributed by atoms with Crippen LogP contribution in [0.5, 0.6) is 0 Å². The summed E-state index contributed by atoms with van der Waals surface area (Å²) in [6.45, 7) is 4.30. The lowest BCUT2D eigenvalue weighted by Crippen LogP contribution is -2.14. The van der Waals surface area contributed by atoms with Gasteiger partial charge in [0.05, 0.1) is 12.3 Å². The Morgan fingerprint density at radius 3 is 2.63 bits per heavy atom. The van der Waals surface area contributed by atoms with Crippen LogP contribution < -0.4 is 5.32 Å². The third-order valence-corrected chi connectivity index (χ3v) is 2.88. The van der Waals surface area contributed by atoms with Gasteiger partial charge in [-0.05, 0) is 30.2 Å². The highest BCUT2D eigenvalue weighted by Crippen LogP contribution is 2.06. The van der Waals surface area contributed by atoms with Gasteiger partial charge in [0.2, 0.25) is 0 Å². The second kappa shape index (κ2) is 7.02. The third kappa shape index (κ3) is 4.47. The maximum absolute atomic E-state index is 5.14. The Hall–Kier alpha value is -1.71. The molecule has 0 unspecified atom stereocenters. The summed E-state index contributed by atoms with van der Waals surface area (Å²) in [7, 11) is 1.72. The molecule has 1 aromatic carbocycles. The standard InChI is InChI=1S/C16H20N2O/c1-13-5-3-8-16(18-13)11-17-10-14-6-4-7-15(9-14)12-19-2/h3-9,17H,10-12H2,1-2H3. The molecule has 1 heterocycles. The quantitative estimate of drug-likeness (QED) is 0.863. The van der Waals surface area contributed by atoms with Crippen molar-refractivity contribution in [1.82, 2.24) is 10.3 Å². The van der Waals surface area contributed by atoms with E-state index in [0.29, 0.717) is 6.61 Å². The largest absolute Gasteiger partial charge is 0.380 e. The van der Waals surface area contributed by atoms with Crippen LogP contribution in [0.25, 0.3) is 0 Å². The summed E-state index contributed by atoms with van der Waals surface area (Å²) in [6, 6.07) is 14.5. The van der Waals surface area contributed by atoms with E-state index in [2.05, 4.69) is 34.6 Å². The van der Waals surface area contributed by atoms with Crippen LogP contribution in [0.15, 0.2) is 42.5 Å². The maximum Gasteiger partial charge on any atom is 0.0713 e. The molecule has 3 heteroatoms. The first-order chi connectivity index (χ1) is 9.28. The number of aryl methyl sites for hydroxylation is 1. The van der Waals surface area contributed by atoms with Crippen molar-refractivity contribution in [3.63, 3.8) is 0 Å². The van der Waals surface area contributed by atoms with E-state index in [1.807, 2.05) is 25.1 Å². The molecule has 0 saturated carbocycles. The molecule has 0 radical (unpaired) electrons. The average Bonchev–Trinajstić information content (AvgIpc) is 2.40. The number of rotatable bonds is 6. The highest BCUT2D eigenvalue weighted by molar-refractivity contribution is 5.23. The van der Waals surface area contributed by atoms with E-state index in [9.17, 15) is 0 Å². The zero-order chi connectivity index (χ0) is 13.5. The molecule has 19 heavy (non-hydrogen) atoms. The third-order valence-electron chi connectivity index (χ3n) is 2.88. The lowest BCUT2D eigenvalue weighted by atomic mass is 10.1. The van der Waals surface area contributed by atoms with E-state index in [4.69, 9.17) is 4.74 Å². The molecule has 0 aliphatic carbocycles. The van der Waals surface area contributed by atoms with Gasteiger partial charge in [0.15, 0.2) is 0 Å². The molecule has 3 nitrogen and oxygen atoms in total. The van der Waals surface area contributed by atoms with Crippen LogP contribution in [0, 0.1) is 6.92 Å². The van der Waals surface area contributed by atoms with E-state index in [1.54, 1.807) is 7.11 Å². The van der Waals surface area contributed by atoms with Crippen molar-refractivity contribution in [1.29, 1.82) is 0 Å². The van der Waals surface area contributed by atoms with Crippen LogP contribution in [-0.2, 0) is 24.4 Å². The van der Waals surface area contributed by atoms with Crippen molar-refractivity contribution in [2.45, 2.75) is 26.6 Å². The summed E-state index contributed by atoms with van der Waals surface area (Å²) in [6.07, 6.45) is 0. The van der Waals surface area contributed by atoms with Gasteiger partial charge in [0, 0.05) is 25.9 Å². The minimum atomic E-state index is 0.660. The van der Waals surface area contributed by atoms with E-state index in [0.717, 1.165) is 24.5 Å². The van der Waals surface area contributed by atoms with Gasteiger partial charge in [0.1, 0.15) is 0 Å². The molecular weight excluding hydrogens is 236 g/mol. The number of ether oxygens (including phenoxy) is 1. The molecule has 1 aromatic heterocycles. The SMILES string of the molecule is COCc1cccc(CNCc2cccc(C)n2)c1. The summed E-state index contributed by atoms with van der Waals surface area (Å²) < 4.78 is 5.14. The lowest BCUT2D eigenvalue weighted by Gasteiger charge is -2.07. The predicted octanol–water partition coefficient (Wildman–Crippen LogP) is 2.83. The maximum atomic E-state index is 5.14. The Labute approximate surface area is 114 Å². The second-order valence-electron chi connectivity index (χ2n) is 4.63. The highest BCUT2D eigenvalue weighted by atomic mass is 16.5. The number of nitrogens with one attached hydrogen (secondary N) is 1. The van der Waals surface area contributed by atoms with Crippen LogP contribution >= 0.6 is 0 Å². The van der Waals surface area contributed by atoms with Gasteiger partial charge < -0.3 is 10.1 Å². The Kier molecular flexibility index (Phi) is 5.07. The van der Waals surface area contributed by atoms with Gasteiger partial charge >= 0.3 is 0 Å². The summed E-state index contributed by atoms with van der Waals surface area (Å²) in [5, 5.41) is 3.41. The number of methoxy groups -OCH3 is 1. The van der Waals surface area contributed by atoms with Crippen LogP contribution in [-0.4, -0.2) is 12.1 Å². The summed E-state index contributed by atoms with van der Waals surface area (Å²) >= 11 is 0. The Morgan fingerprint density at radius 2 is 1.84 bits per heavy atom. The first-order valence-corrected chi connectivity index (χ1v) is 6.48. The van der Waals surface area contributed by atoms with Gasteiger partial charge in [-0.2, -0.15) is 0 Å². The molecule has 2 rings (SSSR count). The van der Waals surface area contributed by atoms with Crippen LogP contribution in [0.3, 0.4) is 0 Å². The monoisotopic (exact) mass is 256 g/mol. The van der Waals surface area contributed by atoms with Gasteiger partial charge in [-0.25, -0.2) is 0 Å². The zero-order valence-electron chi connectivity index (χ0n) is 11.5. The fourth-order valence-electron chi connectivity index (χ4n) is 2.03.